The Morgan fingerprint density at radius 1 is 1.43 bits per heavy atom. The van der Waals surface area contributed by atoms with E-state index in [1.165, 1.54) is 20.5 Å². The van der Waals surface area contributed by atoms with E-state index in [0.717, 1.165) is 12.1 Å². The molecule has 0 aliphatic heterocycles. The van der Waals surface area contributed by atoms with Crippen molar-refractivity contribution >= 4 is 38.9 Å². The molecule has 2 aromatic rings. The summed E-state index contributed by atoms with van der Waals surface area (Å²) in [5.74, 6) is 0. The Hall–Kier alpha value is -0.670. The normalized spacial score (nSPS) is 11.0. The Balaban J connectivity index is 2.82. The smallest absolute Gasteiger partial charge is 0.0586 e. The Bertz CT molecular complexity index is 460. The zero-order valence-corrected chi connectivity index (χ0v) is 9.97. The van der Waals surface area contributed by atoms with Crippen molar-refractivity contribution in [1.29, 1.82) is 0 Å². The van der Waals surface area contributed by atoms with Crippen LogP contribution in [0.3, 0.4) is 0 Å². The zero-order chi connectivity index (χ0) is 10.1. The molecule has 0 fully saturated rings. The van der Waals surface area contributed by atoms with Crippen LogP contribution in [-0.4, -0.2) is 6.26 Å². The minimum Gasteiger partial charge on any atom is -0.398 e. The molecule has 2 rings (SSSR count). The molecule has 2 N–H and O–H groups in total. The van der Waals surface area contributed by atoms with Crippen molar-refractivity contribution < 1.29 is 0 Å². The van der Waals surface area contributed by atoms with Gasteiger partial charge in [-0.3, -0.25) is 0 Å². The van der Waals surface area contributed by atoms with Gasteiger partial charge in [0, 0.05) is 21.3 Å². The Morgan fingerprint density at radius 2 is 2.21 bits per heavy atom. The Labute approximate surface area is 92.3 Å². The number of benzene rings is 1. The van der Waals surface area contributed by atoms with E-state index in [1.807, 2.05) is 6.07 Å². The van der Waals surface area contributed by atoms with E-state index >= 15 is 0 Å². The predicted octanol–water partition coefficient (Wildman–Crippen LogP) is 3.77. The molecule has 1 aromatic carbocycles. The molecule has 0 aliphatic carbocycles. The molecule has 0 bridgehead atoms. The number of nitrogen functional groups attached to an aromatic ring is 1. The van der Waals surface area contributed by atoms with Crippen LogP contribution in [0.25, 0.3) is 10.1 Å². The van der Waals surface area contributed by atoms with Gasteiger partial charge < -0.3 is 5.73 Å². The fraction of sp³-hybridized carbons (Fsp3) is 0.273. The fourth-order valence-electron chi connectivity index (χ4n) is 1.65. The monoisotopic (exact) mass is 223 g/mol. The molecular weight excluding hydrogens is 210 g/mol. The fourth-order valence-corrected chi connectivity index (χ4v) is 3.59. The van der Waals surface area contributed by atoms with E-state index in [1.54, 1.807) is 23.1 Å². The topological polar surface area (TPSA) is 26.0 Å². The minimum absolute atomic E-state index is 0.905. The van der Waals surface area contributed by atoms with Crippen LogP contribution >= 0.6 is 23.1 Å². The zero-order valence-electron chi connectivity index (χ0n) is 8.33. The molecule has 0 aliphatic rings. The largest absolute Gasteiger partial charge is 0.398 e. The van der Waals surface area contributed by atoms with Gasteiger partial charge in [0.25, 0.3) is 0 Å². The summed E-state index contributed by atoms with van der Waals surface area (Å²) in [5.41, 5.74) is 8.26. The molecule has 0 radical (unpaired) electrons. The number of nitrogens with two attached hydrogens (primary N) is 1. The first-order valence-corrected chi connectivity index (χ1v) is 6.71. The highest BCUT2D eigenvalue weighted by Crippen LogP contribution is 2.37. The van der Waals surface area contributed by atoms with Gasteiger partial charge in [-0.25, -0.2) is 0 Å². The lowest BCUT2D eigenvalue weighted by atomic mass is 10.1. The van der Waals surface area contributed by atoms with Crippen molar-refractivity contribution in [2.75, 3.05) is 12.0 Å². The third-order valence-electron chi connectivity index (χ3n) is 2.41. The molecule has 0 saturated heterocycles. The summed E-state index contributed by atoms with van der Waals surface area (Å²) < 4.78 is 1.24. The second-order valence-electron chi connectivity index (χ2n) is 3.18. The molecule has 0 spiro atoms. The van der Waals surface area contributed by atoms with Gasteiger partial charge in [0.15, 0.2) is 0 Å². The van der Waals surface area contributed by atoms with Crippen molar-refractivity contribution in [3.05, 3.63) is 23.1 Å². The van der Waals surface area contributed by atoms with Gasteiger partial charge in [-0.2, -0.15) is 0 Å². The average molecular weight is 223 g/mol. The average Bonchev–Trinajstić information content (AvgIpc) is 2.63. The molecule has 74 valence electrons. The van der Waals surface area contributed by atoms with Gasteiger partial charge in [-0.15, -0.1) is 23.1 Å². The van der Waals surface area contributed by atoms with Crippen molar-refractivity contribution in [1.82, 2.24) is 0 Å². The molecule has 3 heteroatoms. The van der Waals surface area contributed by atoms with E-state index in [-0.39, 0.29) is 0 Å². The summed E-state index contributed by atoms with van der Waals surface area (Å²) >= 11 is 3.55. The highest BCUT2D eigenvalue weighted by molar-refractivity contribution is 7.99. The maximum absolute atomic E-state index is 5.95. The summed E-state index contributed by atoms with van der Waals surface area (Å²) in [4.78, 5) is 1.36. The van der Waals surface area contributed by atoms with Gasteiger partial charge in [0.05, 0.1) is 4.70 Å². The minimum atomic E-state index is 0.905. The van der Waals surface area contributed by atoms with Gasteiger partial charge >= 0.3 is 0 Å². The first kappa shape index (κ1) is 9.87. The molecule has 1 nitrogen and oxygen atoms in total. The summed E-state index contributed by atoms with van der Waals surface area (Å²) in [6, 6.07) is 4.16. The second kappa shape index (κ2) is 3.83. The number of anilines is 1. The van der Waals surface area contributed by atoms with E-state index in [0.29, 0.717) is 0 Å². The molecular formula is C11H13NS2. The number of fused-ring (bicyclic) bond motifs is 1. The third-order valence-corrected chi connectivity index (χ3v) is 4.35. The van der Waals surface area contributed by atoms with Crippen LogP contribution < -0.4 is 5.73 Å². The van der Waals surface area contributed by atoms with Crippen LogP contribution in [0.2, 0.25) is 0 Å². The van der Waals surface area contributed by atoms with Gasteiger partial charge in [0.1, 0.15) is 0 Å². The maximum atomic E-state index is 5.95. The van der Waals surface area contributed by atoms with Crippen molar-refractivity contribution in [3.8, 4) is 0 Å². The van der Waals surface area contributed by atoms with Gasteiger partial charge in [-0.05, 0) is 24.3 Å². The summed E-state index contributed by atoms with van der Waals surface area (Å²) in [6.07, 6.45) is 3.19. The van der Waals surface area contributed by atoms with E-state index in [4.69, 9.17) is 5.73 Å². The van der Waals surface area contributed by atoms with Crippen LogP contribution in [0.1, 0.15) is 12.5 Å². The first-order chi connectivity index (χ1) is 6.77. The molecule has 0 saturated carbocycles. The molecule has 0 atom stereocenters. The van der Waals surface area contributed by atoms with Crippen LogP contribution in [0.5, 0.6) is 0 Å². The van der Waals surface area contributed by atoms with E-state index < -0.39 is 0 Å². The first-order valence-electron chi connectivity index (χ1n) is 4.60. The van der Waals surface area contributed by atoms with Crippen LogP contribution in [0.4, 0.5) is 5.69 Å². The van der Waals surface area contributed by atoms with Crippen LogP contribution in [-0.2, 0) is 6.42 Å². The van der Waals surface area contributed by atoms with Crippen LogP contribution in [0, 0.1) is 0 Å². The van der Waals surface area contributed by atoms with Crippen molar-refractivity contribution in [3.63, 3.8) is 0 Å². The van der Waals surface area contributed by atoms with E-state index in [2.05, 4.69) is 24.6 Å². The highest BCUT2D eigenvalue weighted by atomic mass is 32.2. The number of rotatable bonds is 2. The van der Waals surface area contributed by atoms with E-state index in [9.17, 15) is 0 Å². The quantitative estimate of drug-likeness (QED) is 0.619. The van der Waals surface area contributed by atoms with Gasteiger partial charge in [-0.1, -0.05) is 13.0 Å². The maximum Gasteiger partial charge on any atom is 0.0586 e. The van der Waals surface area contributed by atoms with Crippen molar-refractivity contribution in [2.24, 2.45) is 0 Å². The highest BCUT2D eigenvalue weighted by Gasteiger charge is 2.09. The van der Waals surface area contributed by atoms with Crippen LogP contribution in [0.15, 0.2) is 22.4 Å². The summed E-state index contributed by atoms with van der Waals surface area (Å²) in [5, 5.41) is 3.56. The number of hydrogen-bond donors (Lipinski definition) is 1. The number of hydrogen-bond acceptors (Lipinski definition) is 3. The molecule has 1 aromatic heterocycles. The molecule has 1 heterocycles. The SMILES string of the molecule is CCc1ccc(N)c2scc(SC)c12. The standard InChI is InChI=1S/C11H13NS2/c1-3-7-4-5-8(12)11-10(7)9(13-2)6-14-11/h4-6H,3,12H2,1-2H3. The lowest BCUT2D eigenvalue weighted by molar-refractivity contribution is 1.16. The number of thiophene rings is 1. The van der Waals surface area contributed by atoms with Gasteiger partial charge in [0.2, 0.25) is 0 Å². The molecule has 14 heavy (non-hydrogen) atoms. The lowest BCUT2D eigenvalue weighted by Gasteiger charge is -2.04. The number of thioether (sulfide) groups is 1. The number of aryl methyl sites for hydroxylation is 1. The Morgan fingerprint density at radius 3 is 2.86 bits per heavy atom. The second-order valence-corrected chi connectivity index (χ2v) is 4.90. The van der Waals surface area contributed by atoms with Crippen molar-refractivity contribution in [2.45, 2.75) is 18.2 Å². The lowest BCUT2D eigenvalue weighted by Crippen LogP contribution is -1.88. The summed E-state index contributed by atoms with van der Waals surface area (Å²) in [6.45, 7) is 2.19. The summed E-state index contributed by atoms with van der Waals surface area (Å²) in [7, 11) is 0. The Kier molecular flexibility index (Phi) is 2.70. The predicted molar refractivity (Wildman–Crippen MR) is 67.4 cm³/mol. The third kappa shape index (κ3) is 1.41. The molecule has 0 amide bonds. The molecule has 0 unspecified atom stereocenters.